The highest BCUT2D eigenvalue weighted by atomic mass is 32.1. The Balaban J connectivity index is 1.13. The zero-order valence-electron chi connectivity index (χ0n) is 26.1. The molecule has 0 radical (unpaired) electrons. The zero-order valence-corrected chi connectivity index (χ0v) is 26.9. The fraction of sp³-hybridized carbons (Fsp3) is 0. The van der Waals surface area contributed by atoms with E-state index < -0.39 is 0 Å². The number of rotatable bonds is 4. The number of benzene rings is 7. The van der Waals surface area contributed by atoms with Gasteiger partial charge in [-0.1, -0.05) is 115 Å². The standard InChI is InChI=1S/C43H25N5S/c1-3-9-30-23-32(19-13-26(30)7-1)39-25-38(45-43(46-39)33-20-14-27-8-2-4-10-31(27)24-33)28-15-17-29(18-16-28)41-35-21-22-37-42(48-49-47-37)40(35)34-11-5-6-12-36(34)44-41/h1-25H. The molecule has 5 nitrogen and oxygen atoms in total. The molecule has 10 rings (SSSR count). The van der Waals surface area contributed by atoms with Crippen LogP contribution in [0.15, 0.2) is 152 Å². The van der Waals surface area contributed by atoms with Crippen molar-refractivity contribution in [3.8, 4) is 45.2 Å². The third-order valence-electron chi connectivity index (χ3n) is 9.32. The molecular weight excluding hydrogens is 619 g/mol. The average molecular weight is 644 g/mol. The molecule has 0 saturated carbocycles. The van der Waals surface area contributed by atoms with Crippen LogP contribution in [0.4, 0.5) is 0 Å². The van der Waals surface area contributed by atoms with Crippen LogP contribution in [0.1, 0.15) is 0 Å². The van der Waals surface area contributed by atoms with Crippen LogP contribution in [0, 0.1) is 0 Å². The Morgan fingerprint density at radius 2 is 1.00 bits per heavy atom. The maximum atomic E-state index is 5.15. The molecule has 0 aliphatic rings. The number of para-hydroxylation sites is 1. The number of aromatic nitrogens is 5. The average Bonchev–Trinajstić information content (AvgIpc) is 3.66. The SMILES string of the molecule is c1ccc2cc(-c3cc(-c4ccc(-c5nc6ccccc6c6c5ccc5nsnc56)cc4)nc(-c4ccc5ccccc5c4)n3)ccc2c1. The minimum absolute atomic E-state index is 0.693. The van der Waals surface area contributed by atoms with Crippen molar-refractivity contribution in [2.24, 2.45) is 0 Å². The van der Waals surface area contributed by atoms with Gasteiger partial charge in [-0.25, -0.2) is 15.0 Å². The lowest BCUT2D eigenvalue weighted by atomic mass is 9.97. The van der Waals surface area contributed by atoms with Crippen LogP contribution in [0.3, 0.4) is 0 Å². The second-order valence-electron chi connectivity index (χ2n) is 12.3. The van der Waals surface area contributed by atoms with Gasteiger partial charge in [0.25, 0.3) is 0 Å². The van der Waals surface area contributed by atoms with Crippen LogP contribution in [-0.4, -0.2) is 23.7 Å². The first kappa shape index (κ1) is 27.7. The summed E-state index contributed by atoms with van der Waals surface area (Å²) < 4.78 is 9.18. The monoisotopic (exact) mass is 643 g/mol. The van der Waals surface area contributed by atoms with Crippen molar-refractivity contribution >= 4 is 66.0 Å². The number of pyridine rings is 1. The van der Waals surface area contributed by atoms with Crippen LogP contribution in [-0.2, 0) is 0 Å². The van der Waals surface area contributed by atoms with Gasteiger partial charge in [0.15, 0.2) is 5.82 Å². The molecule has 3 aromatic heterocycles. The molecule has 0 unspecified atom stereocenters. The largest absolute Gasteiger partial charge is 0.247 e. The Morgan fingerprint density at radius 1 is 0.388 bits per heavy atom. The first-order chi connectivity index (χ1) is 24.2. The maximum Gasteiger partial charge on any atom is 0.160 e. The Morgan fingerprint density at radius 3 is 1.78 bits per heavy atom. The van der Waals surface area contributed by atoms with Gasteiger partial charge in [-0.15, -0.1) is 0 Å². The van der Waals surface area contributed by atoms with Gasteiger partial charge in [-0.2, -0.15) is 8.75 Å². The first-order valence-electron chi connectivity index (χ1n) is 16.2. The minimum atomic E-state index is 0.693. The molecule has 10 aromatic rings. The topological polar surface area (TPSA) is 64.5 Å². The molecule has 0 N–H and O–H groups in total. The van der Waals surface area contributed by atoms with Crippen molar-refractivity contribution in [2.75, 3.05) is 0 Å². The summed E-state index contributed by atoms with van der Waals surface area (Å²) in [5.74, 6) is 0.693. The van der Waals surface area contributed by atoms with E-state index in [1.807, 2.05) is 12.1 Å². The highest BCUT2D eigenvalue weighted by Crippen LogP contribution is 2.37. The van der Waals surface area contributed by atoms with E-state index >= 15 is 0 Å². The van der Waals surface area contributed by atoms with E-state index in [-0.39, 0.29) is 0 Å². The van der Waals surface area contributed by atoms with E-state index in [0.717, 1.165) is 77.4 Å². The van der Waals surface area contributed by atoms with Gasteiger partial charge in [0.05, 0.1) is 34.3 Å². The Kier molecular flexibility index (Phi) is 6.29. The minimum Gasteiger partial charge on any atom is -0.247 e. The first-order valence-corrected chi connectivity index (χ1v) is 16.9. The van der Waals surface area contributed by atoms with Crippen molar-refractivity contribution in [1.29, 1.82) is 0 Å². The molecule has 0 aliphatic heterocycles. The summed E-state index contributed by atoms with van der Waals surface area (Å²) in [5.41, 5.74) is 9.49. The molecule has 0 spiro atoms. The Bertz CT molecular complexity index is 2800. The smallest absolute Gasteiger partial charge is 0.160 e. The lowest BCUT2D eigenvalue weighted by Crippen LogP contribution is -1.96. The molecule has 0 fully saturated rings. The summed E-state index contributed by atoms with van der Waals surface area (Å²) in [4.78, 5) is 15.4. The normalized spacial score (nSPS) is 11.7. The van der Waals surface area contributed by atoms with Crippen LogP contribution in [0.25, 0.3) is 99.4 Å². The van der Waals surface area contributed by atoms with Crippen LogP contribution in [0.5, 0.6) is 0 Å². The van der Waals surface area contributed by atoms with Gasteiger partial charge in [-0.05, 0) is 57.9 Å². The van der Waals surface area contributed by atoms with Crippen molar-refractivity contribution < 1.29 is 0 Å². The van der Waals surface area contributed by atoms with Crippen molar-refractivity contribution in [1.82, 2.24) is 23.7 Å². The molecule has 7 aromatic carbocycles. The molecule has 6 heteroatoms. The van der Waals surface area contributed by atoms with Crippen molar-refractivity contribution in [2.45, 2.75) is 0 Å². The molecule has 0 saturated heterocycles. The predicted molar refractivity (Wildman–Crippen MR) is 203 cm³/mol. The highest BCUT2D eigenvalue weighted by molar-refractivity contribution is 7.00. The molecule has 0 bridgehead atoms. The van der Waals surface area contributed by atoms with Crippen molar-refractivity contribution in [3.63, 3.8) is 0 Å². The number of hydrogen-bond donors (Lipinski definition) is 0. The molecular formula is C43H25N5S. The van der Waals surface area contributed by atoms with Gasteiger partial charge >= 0.3 is 0 Å². The van der Waals surface area contributed by atoms with E-state index in [1.54, 1.807) is 0 Å². The van der Waals surface area contributed by atoms with Crippen molar-refractivity contribution in [3.05, 3.63) is 152 Å². The zero-order chi connectivity index (χ0) is 32.3. The lowest BCUT2D eigenvalue weighted by Gasteiger charge is -2.12. The second kappa shape index (κ2) is 11.1. The summed E-state index contributed by atoms with van der Waals surface area (Å²) in [5, 5.41) is 7.96. The molecule has 228 valence electrons. The van der Waals surface area contributed by atoms with E-state index in [0.29, 0.717) is 5.82 Å². The van der Waals surface area contributed by atoms with Gasteiger partial charge < -0.3 is 0 Å². The van der Waals surface area contributed by atoms with Crippen LogP contribution >= 0.6 is 11.7 Å². The predicted octanol–water partition coefficient (Wildman–Crippen LogP) is 11.2. The van der Waals surface area contributed by atoms with E-state index in [2.05, 4.69) is 148 Å². The van der Waals surface area contributed by atoms with Gasteiger partial charge in [0.1, 0.15) is 11.0 Å². The third-order valence-corrected chi connectivity index (χ3v) is 9.86. The summed E-state index contributed by atoms with van der Waals surface area (Å²) >= 11 is 1.24. The number of nitrogens with zero attached hydrogens (tertiary/aromatic N) is 5. The third kappa shape index (κ3) is 4.73. The molecule has 0 aliphatic carbocycles. The highest BCUT2D eigenvalue weighted by Gasteiger charge is 2.16. The summed E-state index contributed by atoms with van der Waals surface area (Å²) in [6, 6.07) is 52.8. The Hall–Kier alpha value is -6.37. The quantitative estimate of drug-likeness (QED) is 0.179. The number of hydrogen-bond acceptors (Lipinski definition) is 6. The fourth-order valence-corrected chi connectivity index (χ4v) is 7.40. The molecule has 49 heavy (non-hydrogen) atoms. The lowest BCUT2D eigenvalue weighted by molar-refractivity contribution is 1.18. The van der Waals surface area contributed by atoms with E-state index in [4.69, 9.17) is 15.0 Å². The van der Waals surface area contributed by atoms with E-state index in [9.17, 15) is 0 Å². The van der Waals surface area contributed by atoms with E-state index in [1.165, 1.54) is 27.9 Å². The van der Waals surface area contributed by atoms with Crippen LogP contribution < -0.4 is 0 Å². The molecule has 3 heterocycles. The maximum absolute atomic E-state index is 5.15. The van der Waals surface area contributed by atoms with Gasteiger partial charge in [0, 0.05) is 38.4 Å². The fourth-order valence-electron chi connectivity index (χ4n) is 6.85. The van der Waals surface area contributed by atoms with Crippen LogP contribution in [0.2, 0.25) is 0 Å². The van der Waals surface area contributed by atoms with Gasteiger partial charge in [-0.3, -0.25) is 0 Å². The van der Waals surface area contributed by atoms with Gasteiger partial charge in [0.2, 0.25) is 0 Å². The summed E-state index contributed by atoms with van der Waals surface area (Å²) in [6.07, 6.45) is 0. The summed E-state index contributed by atoms with van der Waals surface area (Å²) in [7, 11) is 0. The summed E-state index contributed by atoms with van der Waals surface area (Å²) in [6.45, 7) is 0. The second-order valence-corrected chi connectivity index (χ2v) is 12.8. The molecule has 0 amide bonds. The number of fused-ring (bicyclic) bond motifs is 7. The Labute approximate surface area is 285 Å². The molecule has 0 atom stereocenters.